The fourth-order valence-electron chi connectivity index (χ4n) is 5.60. The van der Waals surface area contributed by atoms with E-state index >= 15 is 0 Å². The Labute approximate surface area is 199 Å². The van der Waals surface area contributed by atoms with Crippen molar-refractivity contribution >= 4 is 27.8 Å². The molecule has 4 aromatic rings. The van der Waals surface area contributed by atoms with Gasteiger partial charge < -0.3 is 24.1 Å². The number of hydrogen-bond acceptors (Lipinski definition) is 4. The van der Waals surface area contributed by atoms with Gasteiger partial charge in [-0.2, -0.15) is 0 Å². The van der Waals surface area contributed by atoms with Gasteiger partial charge >= 0.3 is 5.97 Å². The van der Waals surface area contributed by atoms with Gasteiger partial charge in [-0.1, -0.05) is 25.3 Å². The van der Waals surface area contributed by atoms with Crippen LogP contribution in [0.25, 0.3) is 33.1 Å². The standard InChI is InChI=1S/C28H32N2O4/c1-33-24-12-11-22(27-21(24)13-15-30(27)14-6-16-31)26-25(18-7-4-3-5-8-18)20-10-9-19(28(32)34-2)17-23(20)29-26/h9-13,15,17-18,29,31H,3-8,14,16H2,1-2H3. The van der Waals surface area contributed by atoms with Crippen LogP contribution in [-0.4, -0.2) is 41.5 Å². The summed E-state index contributed by atoms with van der Waals surface area (Å²) in [7, 11) is 3.11. The molecular weight excluding hydrogens is 428 g/mol. The van der Waals surface area contributed by atoms with Gasteiger partial charge in [-0.3, -0.25) is 0 Å². The Hall–Kier alpha value is -3.25. The highest BCUT2D eigenvalue weighted by molar-refractivity contribution is 6.03. The van der Waals surface area contributed by atoms with Gasteiger partial charge in [0.1, 0.15) is 5.75 Å². The Morgan fingerprint density at radius 3 is 2.65 bits per heavy atom. The molecule has 1 saturated carbocycles. The molecule has 1 aliphatic carbocycles. The Morgan fingerprint density at radius 1 is 1.09 bits per heavy atom. The summed E-state index contributed by atoms with van der Waals surface area (Å²) in [5.41, 5.74) is 6.17. The molecule has 6 heteroatoms. The van der Waals surface area contributed by atoms with Gasteiger partial charge in [0.25, 0.3) is 0 Å². The van der Waals surface area contributed by atoms with Crippen LogP contribution in [0.3, 0.4) is 0 Å². The molecule has 5 rings (SSSR count). The summed E-state index contributed by atoms with van der Waals surface area (Å²) in [6.45, 7) is 0.876. The van der Waals surface area contributed by atoms with E-state index in [-0.39, 0.29) is 12.6 Å². The van der Waals surface area contributed by atoms with Crippen molar-refractivity contribution in [2.75, 3.05) is 20.8 Å². The first-order chi connectivity index (χ1) is 16.7. The molecule has 2 aromatic heterocycles. The largest absolute Gasteiger partial charge is 0.496 e. The minimum atomic E-state index is -0.331. The number of nitrogens with zero attached hydrogens (tertiary/aromatic N) is 1. The zero-order valence-electron chi connectivity index (χ0n) is 19.9. The second-order valence-electron chi connectivity index (χ2n) is 9.16. The van der Waals surface area contributed by atoms with Crippen molar-refractivity contribution in [2.45, 2.75) is 51.0 Å². The summed E-state index contributed by atoms with van der Waals surface area (Å²) in [4.78, 5) is 15.9. The fourth-order valence-corrected chi connectivity index (χ4v) is 5.60. The number of esters is 1. The van der Waals surface area contributed by atoms with Crippen LogP contribution in [0.1, 0.15) is 60.4 Å². The molecule has 6 nitrogen and oxygen atoms in total. The van der Waals surface area contributed by atoms with Crippen LogP contribution in [0, 0.1) is 0 Å². The van der Waals surface area contributed by atoms with Crippen molar-refractivity contribution in [3.05, 3.63) is 53.7 Å². The first-order valence-corrected chi connectivity index (χ1v) is 12.2. The number of hydrogen-bond donors (Lipinski definition) is 2. The van der Waals surface area contributed by atoms with Crippen molar-refractivity contribution in [1.82, 2.24) is 9.55 Å². The average Bonchev–Trinajstić information content (AvgIpc) is 3.48. The van der Waals surface area contributed by atoms with Gasteiger partial charge in [-0.05, 0) is 61.1 Å². The molecule has 1 aliphatic rings. The van der Waals surface area contributed by atoms with E-state index in [1.807, 2.05) is 18.2 Å². The highest BCUT2D eigenvalue weighted by atomic mass is 16.5. The van der Waals surface area contributed by atoms with Crippen molar-refractivity contribution in [2.24, 2.45) is 0 Å². The van der Waals surface area contributed by atoms with Crippen molar-refractivity contribution < 1.29 is 19.4 Å². The molecule has 178 valence electrons. The average molecular weight is 461 g/mol. The Kier molecular flexibility index (Phi) is 6.33. The summed E-state index contributed by atoms with van der Waals surface area (Å²) >= 11 is 0. The summed E-state index contributed by atoms with van der Waals surface area (Å²) in [6.07, 6.45) is 8.87. The molecule has 1 fully saturated rings. The van der Waals surface area contributed by atoms with Crippen LogP contribution in [0.4, 0.5) is 0 Å². The summed E-state index contributed by atoms with van der Waals surface area (Å²) in [5.74, 6) is 0.978. The van der Waals surface area contributed by atoms with Crippen LogP contribution in [0.2, 0.25) is 0 Å². The third-order valence-corrected chi connectivity index (χ3v) is 7.21. The number of aromatic nitrogens is 2. The van der Waals surface area contributed by atoms with Gasteiger partial charge in [0.15, 0.2) is 0 Å². The van der Waals surface area contributed by atoms with Crippen LogP contribution < -0.4 is 4.74 Å². The van der Waals surface area contributed by atoms with E-state index in [1.165, 1.54) is 50.2 Å². The topological polar surface area (TPSA) is 76.5 Å². The number of ether oxygens (including phenoxy) is 2. The molecule has 2 N–H and O–H groups in total. The molecule has 0 radical (unpaired) electrons. The molecule has 0 amide bonds. The van der Waals surface area contributed by atoms with Crippen LogP contribution >= 0.6 is 0 Å². The first kappa shape index (κ1) is 22.5. The molecule has 2 aromatic carbocycles. The van der Waals surface area contributed by atoms with Crippen LogP contribution in [0.15, 0.2) is 42.6 Å². The molecule has 0 saturated heterocycles. The zero-order chi connectivity index (χ0) is 23.7. The van der Waals surface area contributed by atoms with Crippen molar-refractivity contribution in [3.8, 4) is 17.0 Å². The summed E-state index contributed by atoms with van der Waals surface area (Å²) in [5, 5.41) is 11.7. The lowest BCUT2D eigenvalue weighted by molar-refractivity contribution is 0.0601. The Bertz CT molecular complexity index is 1330. The van der Waals surface area contributed by atoms with E-state index in [9.17, 15) is 9.90 Å². The number of carbonyl (C=O) groups is 1. The highest BCUT2D eigenvalue weighted by Crippen LogP contribution is 2.45. The van der Waals surface area contributed by atoms with Crippen molar-refractivity contribution in [3.63, 3.8) is 0 Å². The van der Waals surface area contributed by atoms with Crippen molar-refractivity contribution in [1.29, 1.82) is 0 Å². The number of carbonyl (C=O) groups excluding carboxylic acids is 1. The van der Waals surface area contributed by atoms with Gasteiger partial charge in [-0.15, -0.1) is 0 Å². The quantitative estimate of drug-likeness (QED) is 0.331. The minimum absolute atomic E-state index is 0.148. The first-order valence-electron chi connectivity index (χ1n) is 12.2. The molecule has 0 bridgehead atoms. The number of H-pyrrole nitrogens is 1. The van der Waals surface area contributed by atoms with E-state index in [2.05, 4.69) is 33.9 Å². The third-order valence-electron chi connectivity index (χ3n) is 7.21. The number of fused-ring (bicyclic) bond motifs is 2. The molecule has 2 heterocycles. The monoisotopic (exact) mass is 460 g/mol. The second kappa shape index (κ2) is 9.55. The summed E-state index contributed by atoms with van der Waals surface area (Å²) in [6, 6.07) is 12.1. The number of aliphatic hydroxyl groups is 1. The lowest BCUT2D eigenvalue weighted by Crippen LogP contribution is -2.06. The third kappa shape index (κ3) is 3.86. The molecule has 0 atom stereocenters. The lowest BCUT2D eigenvalue weighted by Gasteiger charge is -2.23. The van der Waals surface area contributed by atoms with Crippen LogP contribution in [0.5, 0.6) is 5.75 Å². The molecule has 34 heavy (non-hydrogen) atoms. The van der Waals surface area contributed by atoms with Gasteiger partial charge in [0.2, 0.25) is 0 Å². The molecular formula is C28H32N2O4. The van der Waals surface area contributed by atoms with Crippen LogP contribution in [-0.2, 0) is 11.3 Å². The number of aliphatic hydroxyl groups excluding tert-OH is 1. The maximum atomic E-state index is 12.2. The maximum absolute atomic E-state index is 12.2. The van der Waals surface area contributed by atoms with Gasteiger partial charge in [0.05, 0.1) is 31.0 Å². The van der Waals surface area contributed by atoms with E-state index in [1.54, 1.807) is 7.11 Å². The normalized spacial score (nSPS) is 14.7. The number of rotatable bonds is 7. The number of methoxy groups -OCH3 is 2. The SMILES string of the molecule is COC(=O)c1ccc2c(C3CCCCC3)c(-c3ccc(OC)c4ccn(CCCO)c34)[nH]c2c1. The fraction of sp³-hybridized carbons (Fsp3) is 0.393. The van der Waals surface area contributed by atoms with E-state index < -0.39 is 0 Å². The number of nitrogens with one attached hydrogen (secondary N) is 1. The second-order valence-corrected chi connectivity index (χ2v) is 9.16. The lowest BCUT2D eigenvalue weighted by atomic mass is 9.81. The Balaban J connectivity index is 1.77. The highest BCUT2D eigenvalue weighted by Gasteiger charge is 2.26. The number of aromatic amines is 1. The molecule has 0 spiro atoms. The molecule has 0 unspecified atom stereocenters. The van der Waals surface area contributed by atoms with E-state index in [0.29, 0.717) is 17.9 Å². The molecule has 0 aliphatic heterocycles. The minimum Gasteiger partial charge on any atom is -0.496 e. The number of benzene rings is 2. The predicted molar refractivity (Wildman–Crippen MR) is 135 cm³/mol. The smallest absolute Gasteiger partial charge is 0.337 e. The van der Waals surface area contributed by atoms with Gasteiger partial charge in [-0.25, -0.2) is 4.79 Å². The maximum Gasteiger partial charge on any atom is 0.337 e. The van der Waals surface area contributed by atoms with Gasteiger partial charge in [0, 0.05) is 41.2 Å². The van der Waals surface area contributed by atoms with E-state index in [0.717, 1.165) is 40.0 Å². The summed E-state index contributed by atoms with van der Waals surface area (Å²) < 4.78 is 12.8. The zero-order valence-corrected chi connectivity index (χ0v) is 19.9. The number of aryl methyl sites for hydroxylation is 1. The Morgan fingerprint density at radius 2 is 1.91 bits per heavy atom. The van der Waals surface area contributed by atoms with E-state index in [4.69, 9.17) is 9.47 Å². The predicted octanol–water partition coefficient (Wildman–Crippen LogP) is 6.01.